The largest absolute Gasteiger partial charge is 0.508 e. The lowest BCUT2D eigenvalue weighted by Gasteiger charge is -2.24. The third kappa shape index (κ3) is 4.24. The molecule has 6 nitrogen and oxygen atoms in total. The molecule has 20 heavy (non-hydrogen) atoms. The third-order valence-corrected chi connectivity index (χ3v) is 3.23. The van der Waals surface area contributed by atoms with E-state index in [9.17, 15) is 19.8 Å². The van der Waals surface area contributed by atoms with Gasteiger partial charge in [0.15, 0.2) is 0 Å². The summed E-state index contributed by atoms with van der Waals surface area (Å²) in [6.45, 7) is 3.32. The van der Waals surface area contributed by atoms with E-state index >= 15 is 0 Å². The molecule has 0 radical (unpaired) electrons. The smallest absolute Gasteiger partial charge is 0.326 e. The highest BCUT2D eigenvalue weighted by Crippen LogP contribution is 2.12. The normalized spacial score (nSPS) is 15.2. The van der Waals surface area contributed by atoms with Crippen LogP contribution >= 0.6 is 0 Å². The Morgan fingerprint density at radius 2 is 1.90 bits per heavy atom. The van der Waals surface area contributed by atoms with Crippen LogP contribution < -0.4 is 11.1 Å². The molecular formula is C14H20N2O4. The molecule has 2 atom stereocenters. The monoisotopic (exact) mass is 280 g/mol. The lowest BCUT2D eigenvalue weighted by Crippen LogP contribution is -2.55. The van der Waals surface area contributed by atoms with Crippen molar-refractivity contribution in [2.45, 2.75) is 38.3 Å². The van der Waals surface area contributed by atoms with Crippen molar-refractivity contribution in [1.29, 1.82) is 0 Å². The number of amides is 1. The van der Waals surface area contributed by atoms with E-state index < -0.39 is 23.5 Å². The Morgan fingerprint density at radius 1 is 1.35 bits per heavy atom. The third-order valence-electron chi connectivity index (χ3n) is 3.23. The van der Waals surface area contributed by atoms with Gasteiger partial charge in [-0.05, 0) is 31.0 Å². The van der Waals surface area contributed by atoms with Crippen LogP contribution in [-0.4, -0.2) is 33.7 Å². The van der Waals surface area contributed by atoms with E-state index in [2.05, 4.69) is 5.32 Å². The Kier molecular flexibility index (Phi) is 5.10. The molecule has 0 heterocycles. The number of rotatable bonds is 6. The van der Waals surface area contributed by atoms with E-state index in [0.717, 1.165) is 0 Å². The first-order chi connectivity index (χ1) is 9.26. The molecule has 1 aromatic rings. The predicted molar refractivity (Wildman–Crippen MR) is 74.3 cm³/mol. The van der Waals surface area contributed by atoms with E-state index in [0.29, 0.717) is 12.0 Å². The quantitative estimate of drug-likeness (QED) is 0.610. The molecule has 0 saturated carbocycles. The predicted octanol–water partition coefficient (Wildman–Crippen LogP) is 0.631. The van der Waals surface area contributed by atoms with Crippen molar-refractivity contribution in [3.8, 4) is 5.75 Å². The van der Waals surface area contributed by atoms with Gasteiger partial charge in [-0.3, -0.25) is 4.79 Å². The second-order valence-electron chi connectivity index (χ2n) is 5.01. The number of carboxylic acids is 1. The number of benzene rings is 1. The maximum absolute atomic E-state index is 11.9. The number of nitrogens with two attached hydrogens (primary N) is 1. The van der Waals surface area contributed by atoms with E-state index in [1.54, 1.807) is 26.0 Å². The van der Waals surface area contributed by atoms with Crippen LogP contribution in [0.3, 0.4) is 0 Å². The van der Waals surface area contributed by atoms with Crippen molar-refractivity contribution in [1.82, 2.24) is 5.32 Å². The molecule has 1 unspecified atom stereocenters. The first-order valence-electron chi connectivity index (χ1n) is 6.37. The molecule has 0 aliphatic heterocycles. The standard InChI is InChI=1S/C14H20N2O4/c1-3-14(2,15)13(20)16-11(12(18)19)8-9-4-6-10(17)7-5-9/h4-7,11,17H,3,8,15H2,1-2H3,(H,16,20)(H,18,19)/t11-,14?/m0/s1. The Balaban J connectivity index is 2.78. The fraction of sp³-hybridized carbons (Fsp3) is 0.429. The van der Waals surface area contributed by atoms with Crippen molar-refractivity contribution < 1.29 is 19.8 Å². The van der Waals surface area contributed by atoms with Crippen LogP contribution in [0, 0.1) is 0 Å². The molecule has 0 spiro atoms. The van der Waals surface area contributed by atoms with E-state index in [1.807, 2.05) is 0 Å². The van der Waals surface area contributed by atoms with Crippen molar-refractivity contribution >= 4 is 11.9 Å². The van der Waals surface area contributed by atoms with Crippen LogP contribution in [0.25, 0.3) is 0 Å². The van der Waals surface area contributed by atoms with Gasteiger partial charge in [0, 0.05) is 6.42 Å². The van der Waals surface area contributed by atoms with E-state index in [-0.39, 0.29) is 12.2 Å². The van der Waals surface area contributed by atoms with Crippen molar-refractivity contribution in [3.63, 3.8) is 0 Å². The Bertz CT molecular complexity index is 482. The zero-order valence-corrected chi connectivity index (χ0v) is 11.6. The molecule has 0 aliphatic rings. The fourth-order valence-electron chi connectivity index (χ4n) is 1.55. The minimum absolute atomic E-state index is 0.102. The molecule has 1 rings (SSSR count). The Labute approximate surface area is 117 Å². The second-order valence-corrected chi connectivity index (χ2v) is 5.01. The molecule has 0 aromatic heterocycles. The number of hydrogen-bond acceptors (Lipinski definition) is 4. The first kappa shape index (κ1) is 16.0. The summed E-state index contributed by atoms with van der Waals surface area (Å²) in [7, 11) is 0. The molecule has 5 N–H and O–H groups in total. The molecule has 6 heteroatoms. The molecule has 110 valence electrons. The number of aromatic hydroxyl groups is 1. The van der Waals surface area contributed by atoms with Gasteiger partial charge in [-0.2, -0.15) is 0 Å². The summed E-state index contributed by atoms with van der Waals surface area (Å²) in [4.78, 5) is 23.1. The number of hydrogen-bond donors (Lipinski definition) is 4. The minimum atomic E-state index is -1.13. The maximum atomic E-state index is 11.9. The number of carbonyl (C=O) groups excluding carboxylic acids is 1. The van der Waals surface area contributed by atoms with Gasteiger partial charge in [0.05, 0.1) is 5.54 Å². The summed E-state index contributed by atoms with van der Waals surface area (Å²) in [5.74, 6) is -1.52. The zero-order chi connectivity index (χ0) is 15.3. The SMILES string of the molecule is CCC(C)(N)C(=O)N[C@@H](Cc1ccc(O)cc1)C(=O)O. The van der Waals surface area contributed by atoms with Gasteiger partial charge in [-0.1, -0.05) is 19.1 Å². The van der Waals surface area contributed by atoms with E-state index in [1.165, 1.54) is 12.1 Å². The summed E-state index contributed by atoms with van der Waals surface area (Å²) >= 11 is 0. The lowest BCUT2D eigenvalue weighted by molar-refractivity contribution is -0.142. The first-order valence-corrected chi connectivity index (χ1v) is 6.37. The summed E-state index contributed by atoms with van der Waals surface area (Å²) in [5.41, 5.74) is 5.39. The number of aliphatic carboxylic acids is 1. The summed E-state index contributed by atoms with van der Waals surface area (Å²) in [6, 6.07) is 5.10. The van der Waals surface area contributed by atoms with Crippen LogP contribution in [-0.2, 0) is 16.0 Å². The molecule has 0 saturated heterocycles. The van der Waals surface area contributed by atoms with Crippen molar-refractivity contribution in [2.24, 2.45) is 5.73 Å². The van der Waals surface area contributed by atoms with Crippen LogP contribution in [0.2, 0.25) is 0 Å². The van der Waals surface area contributed by atoms with Gasteiger partial charge in [0.25, 0.3) is 0 Å². The highest BCUT2D eigenvalue weighted by molar-refractivity contribution is 5.89. The lowest BCUT2D eigenvalue weighted by atomic mass is 9.98. The zero-order valence-electron chi connectivity index (χ0n) is 11.6. The van der Waals surface area contributed by atoms with Crippen LogP contribution in [0.1, 0.15) is 25.8 Å². The van der Waals surface area contributed by atoms with Gasteiger partial charge in [-0.15, -0.1) is 0 Å². The van der Waals surface area contributed by atoms with Gasteiger partial charge < -0.3 is 21.3 Å². The van der Waals surface area contributed by atoms with Crippen molar-refractivity contribution in [2.75, 3.05) is 0 Å². The topological polar surface area (TPSA) is 113 Å². The average molecular weight is 280 g/mol. The summed E-state index contributed by atoms with van der Waals surface area (Å²) < 4.78 is 0. The second kappa shape index (κ2) is 6.38. The van der Waals surface area contributed by atoms with Gasteiger partial charge in [0.1, 0.15) is 11.8 Å². The molecule has 1 amide bonds. The number of carboxylic acid groups (broad SMARTS) is 1. The highest BCUT2D eigenvalue weighted by atomic mass is 16.4. The summed E-state index contributed by atoms with van der Waals surface area (Å²) in [6.07, 6.45) is 0.533. The molecule has 0 fully saturated rings. The number of nitrogens with one attached hydrogen (secondary N) is 1. The highest BCUT2D eigenvalue weighted by Gasteiger charge is 2.30. The molecule has 0 bridgehead atoms. The van der Waals surface area contributed by atoms with Crippen molar-refractivity contribution in [3.05, 3.63) is 29.8 Å². The minimum Gasteiger partial charge on any atom is -0.508 e. The van der Waals surface area contributed by atoms with Crippen LogP contribution in [0.4, 0.5) is 0 Å². The Morgan fingerprint density at radius 3 is 2.35 bits per heavy atom. The average Bonchev–Trinajstić information content (AvgIpc) is 2.40. The maximum Gasteiger partial charge on any atom is 0.326 e. The number of phenolic OH excluding ortho intramolecular Hbond substituents is 1. The van der Waals surface area contributed by atoms with Crippen LogP contribution in [0.5, 0.6) is 5.75 Å². The number of carbonyl (C=O) groups is 2. The fourth-order valence-corrected chi connectivity index (χ4v) is 1.55. The molecule has 0 aliphatic carbocycles. The molecule has 1 aromatic carbocycles. The molecular weight excluding hydrogens is 260 g/mol. The van der Waals surface area contributed by atoms with Gasteiger partial charge >= 0.3 is 5.97 Å². The number of phenols is 1. The van der Waals surface area contributed by atoms with Crippen LogP contribution in [0.15, 0.2) is 24.3 Å². The van der Waals surface area contributed by atoms with Gasteiger partial charge in [0.2, 0.25) is 5.91 Å². The Hall–Kier alpha value is -2.08. The summed E-state index contributed by atoms with van der Waals surface area (Å²) in [5, 5.41) is 20.8. The van der Waals surface area contributed by atoms with Gasteiger partial charge in [-0.25, -0.2) is 4.79 Å². The van der Waals surface area contributed by atoms with E-state index in [4.69, 9.17) is 5.73 Å².